The zero-order chi connectivity index (χ0) is 15.5. The molecular formula is C18H28BrNO. The van der Waals surface area contributed by atoms with Crippen molar-refractivity contribution in [1.29, 1.82) is 0 Å². The molecule has 2 N–H and O–H groups in total. The van der Waals surface area contributed by atoms with Gasteiger partial charge in [-0.25, -0.2) is 0 Å². The smallest absolute Gasteiger partial charge is 0.119 e. The van der Waals surface area contributed by atoms with Gasteiger partial charge in [0.25, 0.3) is 0 Å². The minimum atomic E-state index is 0.228. The minimum absolute atomic E-state index is 0.228. The summed E-state index contributed by atoms with van der Waals surface area (Å²) in [7, 11) is 1.71. The SMILES string of the molecule is COc1ccc(Br)c(CC(N)C2(CC(C)C)CCCC2)c1. The Balaban J connectivity index is 2.17. The van der Waals surface area contributed by atoms with Crippen molar-refractivity contribution >= 4 is 15.9 Å². The number of methoxy groups -OCH3 is 1. The average molecular weight is 354 g/mol. The van der Waals surface area contributed by atoms with Gasteiger partial charge < -0.3 is 10.5 Å². The van der Waals surface area contributed by atoms with Gasteiger partial charge in [-0.05, 0) is 60.8 Å². The van der Waals surface area contributed by atoms with Gasteiger partial charge in [-0.3, -0.25) is 0 Å². The highest BCUT2D eigenvalue weighted by molar-refractivity contribution is 9.10. The first kappa shape index (κ1) is 16.8. The molecule has 21 heavy (non-hydrogen) atoms. The van der Waals surface area contributed by atoms with Crippen molar-refractivity contribution in [2.75, 3.05) is 7.11 Å². The Hall–Kier alpha value is -0.540. The second-order valence-electron chi connectivity index (χ2n) is 6.94. The van der Waals surface area contributed by atoms with Gasteiger partial charge in [-0.15, -0.1) is 0 Å². The maximum absolute atomic E-state index is 6.69. The molecule has 3 heteroatoms. The molecule has 1 atom stereocenters. The van der Waals surface area contributed by atoms with Crippen molar-refractivity contribution in [3.8, 4) is 5.75 Å². The number of nitrogens with two attached hydrogens (primary N) is 1. The van der Waals surface area contributed by atoms with E-state index in [0.717, 1.165) is 16.6 Å². The zero-order valence-corrected chi connectivity index (χ0v) is 15.1. The molecule has 118 valence electrons. The molecule has 1 aliphatic rings. The van der Waals surface area contributed by atoms with Crippen LogP contribution in [0.4, 0.5) is 0 Å². The van der Waals surface area contributed by atoms with Gasteiger partial charge in [0.1, 0.15) is 5.75 Å². The number of hydrogen-bond acceptors (Lipinski definition) is 2. The van der Waals surface area contributed by atoms with Crippen LogP contribution < -0.4 is 10.5 Å². The number of ether oxygens (including phenoxy) is 1. The van der Waals surface area contributed by atoms with Gasteiger partial charge in [0, 0.05) is 10.5 Å². The Bertz CT molecular complexity index is 466. The first-order valence-electron chi connectivity index (χ1n) is 8.05. The van der Waals surface area contributed by atoms with Gasteiger partial charge in [0.05, 0.1) is 7.11 Å². The lowest BCUT2D eigenvalue weighted by Crippen LogP contribution is -2.42. The lowest BCUT2D eigenvalue weighted by molar-refractivity contribution is 0.181. The summed E-state index contributed by atoms with van der Waals surface area (Å²) in [5.41, 5.74) is 8.28. The molecule has 1 aliphatic carbocycles. The van der Waals surface area contributed by atoms with E-state index in [1.165, 1.54) is 37.7 Å². The normalized spacial score (nSPS) is 19.0. The summed E-state index contributed by atoms with van der Waals surface area (Å²) in [6.45, 7) is 4.63. The van der Waals surface area contributed by atoms with Crippen LogP contribution in [0.3, 0.4) is 0 Å². The van der Waals surface area contributed by atoms with E-state index < -0.39 is 0 Å². The summed E-state index contributed by atoms with van der Waals surface area (Å²) in [4.78, 5) is 0. The van der Waals surface area contributed by atoms with Crippen molar-refractivity contribution in [1.82, 2.24) is 0 Å². The minimum Gasteiger partial charge on any atom is -0.497 e. The molecule has 0 radical (unpaired) electrons. The van der Waals surface area contributed by atoms with E-state index in [9.17, 15) is 0 Å². The zero-order valence-electron chi connectivity index (χ0n) is 13.5. The fraction of sp³-hybridized carbons (Fsp3) is 0.667. The summed E-state index contributed by atoms with van der Waals surface area (Å²) in [5.74, 6) is 1.62. The van der Waals surface area contributed by atoms with E-state index >= 15 is 0 Å². The number of benzene rings is 1. The van der Waals surface area contributed by atoms with Gasteiger partial charge in [0.2, 0.25) is 0 Å². The predicted octanol–water partition coefficient (Wildman–Crippen LogP) is 4.93. The molecule has 2 rings (SSSR count). The second kappa shape index (κ2) is 7.15. The molecule has 0 heterocycles. The first-order chi connectivity index (χ1) is 9.97. The van der Waals surface area contributed by atoms with E-state index in [1.807, 2.05) is 6.07 Å². The van der Waals surface area contributed by atoms with Crippen LogP contribution in [0, 0.1) is 11.3 Å². The predicted molar refractivity (Wildman–Crippen MR) is 92.7 cm³/mol. The number of halogens is 1. The Morgan fingerprint density at radius 1 is 1.29 bits per heavy atom. The van der Waals surface area contributed by atoms with Crippen molar-refractivity contribution in [3.63, 3.8) is 0 Å². The molecule has 0 aliphatic heterocycles. The van der Waals surface area contributed by atoms with E-state index in [-0.39, 0.29) is 6.04 Å². The van der Waals surface area contributed by atoms with Crippen molar-refractivity contribution in [2.24, 2.45) is 17.1 Å². The fourth-order valence-corrected chi connectivity index (χ4v) is 4.31. The summed E-state index contributed by atoms with van der Waals surface area (Å²) in [6, 6.07) is 6.39. The van der Waals surface area contributed by atoms with E-state index in [0.29, 0.717) is 11.3 Å². The summed E-state index contributed by atoms with van der Waals surface area (Å²) >= 11 is 3.65. The number of rotatable bonds is 6. The topological polar surface area (TPSA) is 35.2 Å². The molecule has 0 amide bonds. The molecule has 0 spiro atoms. The maximum Gasteiger partial charge on any atom is 0.119 e. The Kier molecular flexibility index (Phi) is 5.73. The van der Waals surface area contributed by atoms with Crippen LogP contribution >= 0.6 is 15.9 Å². The van der Waals surface area contributed by atoms with E-state index in [1.54, 1.807) is 7.11 Å². The highest BCUT2D eigenvalue weighted by atomic mass is 79.9. The highest BCUT2D eigenvalue weighted by Gasteiger charge is 2.39. The van der Waals surface area contributed by atoms with Crippen LogP contribution in [-0.4, -0.2) is 13.2 Å². The second-order valence-corrected chi connectivity index (χ2v) is 7.79. The number of hydrogen-bond donors (Lipinski definition) is 1. The third kappa shape index (κ3) is 4.01. The average Bonchev–Trinajstić information content (AvgIpc) is 2.90. The van der Waals surface area contributed by atoms with Crippen LogP contribution in [0.2, 0.25) is 0 Å². The molecule has 1 aromatic rings. The highest BCUT2D eigenvalue weighted by Crippen LogP contribution is 2.46. The molecule has 2 nitrogen and oxygen atoms in total. The van der Waals surface area contributed by atoms with E-state index in [2.05, 4.69) is 41.9 Å². The van der Waals surface area contributed by atoms with Crippen LogP contribution in [0.15, 0.2) is 22.7 Å². The molecular weight excluding hydrogens is 326 g/mol. The van der Waals surface area contributed by atoms with Gasteiger partial charge in [-0.2, -0.15) is 0 Å². The molecule has 0 bridgehead atoms. The summed E-state index contributed by atoms with van der Waals surface area (Å²) < 4.78 is 6.48. The lowest BCUT2D eigenvalue weighted by atomic mass is 9.71. The Morgan fingerprint density at radius 3 is 2.52 bits per heavy atom. The third-order valence-corrected chi connectivity index (χ3v) is 5.67. The molecule has 1 aromatic carbocycles. The molecule has 0 aromatic heterocycles. The third-order valence-electron chi connectivity index (χ3n) is 4.89. The van der Waals surface area contributed by atoms with Gasteiger partial charge in [0.15, 0.2) is 0 Å². The van der Waals surface area contributed by atoms with Crippen LogP contribution in [-0.2, 0) is 6.42 Å². The molecule has 1 fully saturated rings. The van der Waals surface area contributed by atoms with Gasteiger partial charge >= 0.3 is 0 Å². The van der Waals surface area contributed by atoms with Crippen molar-refractivity contribution in [3.05, 3.63) is 28.2 Å². The molecule has 1 unspecified atom stereocenters. The molecule has 1 saturated carbocycles. The molecule has 0 saturated heterocycles. The summed E-state index contributed by atoms with van der Waals surface area (Å²) in [6.07, 6.45) is 7.40. The fourth-order valence-electron chi connectivity index (χ4n) is 3.91. The Labute approximate surface area is 137 Å². The lowest BCUT2D eigenvalue weighted by Gasteiger charge is -2.37. The Morgan fingerprint density at radius 2 is 1.95 bits per heavy atom. The van der Waals surface area contributed by atoms with Crippen LogP contribution in [0.25, 0.3) is 0 Å². The van der Waals surface area contributed by atoms with Crippen molar-refractivity contribution < 1.29 is 4.74 Å². The summed E-state index contributed by atoms with van der Waals surface area (Å²) in [5, 5.41) is 0. The van der Waals surface area contributed by atoms with E-state index in [4.69, 9.17) is 10.5 Å². The largest absolute Gasteiger partial charge is 0.497 e. The quantitative estimate of drug-likeness (QED) is 0.786. The van der Waals surface area contributed by atoms with Crippen LogP contribution in [0.1, 0.15) is 51.5 Å². The standard InChI is InChI=1S/C18H28BrNO/c1-13(2)12-18(8-4-5-9-18)17(20)11-14-10-15(21-3)6-7-16(14)19/h6-7,10,13,17H,4-5,8-9,11-12,20H2,1-3H3. The monoisotopic (exact) mass is 353 g/mol. The van der Waals surface area contributed by atoms with Crippen LogP contribution in [0.5, 0.6) is 5.75 Å². The first-order valence-corrected chi connectivity index (χ1v) is 8.84. The maximum atomic E-state index is 6.69. The van der Waals surface area contributed by atoms with Crippen molar-refractivity contribution in [2.45, 2.75) is 58.4 Å². The van der Waals surface area contributed by atoms with Gasteiger partial charge in [-0.1, -0.05) is 42.6 Å².